The van der Waals surface area contributed by atoms with E-state index in [1.54, 1.807) is 17.0 Å². The second-order valence-electron chi connectivity index (χ2n) is 6.66. The minimum atomic E-state index is -3.77. The summed E-state index contributed by atoms with van der Waals surface area (Å²) in [6.07, 6.45) is 1.60. The largest absolute Gasteiger partial charge is 0.311 e. The minimum Gasteiger partial charge on any atom is -0.311 e. The molecule has 0 aliphatic carbocycles. The van der Waals surface area contributed by atoms with E-state index in [-0.39, 0.29) is 0 Å². The third kappa shape index (κ3) is 4.11. The Bertz CT molecular complexity index is 1130. The number of hydrogen-bond acceptors (Lipinski definition) is 5. The van der Waals surface area contributed by atoms with Gasteiger partial charge in [0.25, 0.3) is 10.0 Å². The van der Waals surface area contributed by atoms with Gasteiger partial charge in [-0.15, -0.1) is 10.2 Å². The smallest absolute Gasteiger partial charge is 0.262 e. The molecule has 6 nitrogen and oxygen atoms in total. The first-order valence-corrected chi connectivity index (χ1v) is 11.6. The Hall–Kier alpha value is -1.84. The summed E-state index contributed by atoms with van der Waals surface area (Å²) in [5, 5.41) is 8.61. The van der Waals surface area contributed by atoms with Gasteiger partial charge in [-0.05, 0) is 79.9 Å². The number of aromatic nitrogens is 3. The third-order valence-electron chi connectivity index (χ3n) is 4.62. The highest BCUT2D eigenvalue weighted by Gasteiger charge is 2.23. The number of aryl methyl sites for hydroxylation is 3. The predicted octanol–water partition coefficient (Wildman–Crippen LogP) is 4.76. The molecule has 1 aromatic heterocycles. The lowest BCUT2D eigenvalue weighted by Gasteiger charge is -2.18. The van der Waals surface area contributed by atoms with E-state index in [9.17, 15) is 8.42 Å². The van der Waals surface area contributed by atoms with Crippen LogP contribution >= 0.6 is 27.7 Å². The van der Waals surface area contributed by atoms with Gasteiger partial charge in [0, 0.05) is 16.4 Å². The zero-order valence-corrected chi connectivity index (χ0v) is 19.5. The Kier molecular flexibility index (Phi) is 5.88. The van der Waals surface area contributed by atoms with Crippen LogP contribution in [-0.4, -0.2) is 23.2 Å². The Morgan fingerprint density at radius 2 is 1.71 bits per heavy atom. The van der Waals surface area contributed by atoms with E-state index in [1.165, 1.54) is 11.8 Å². The van der Waals surface area contributed by atoms with Crippen molar-refractivity contribution in [1.82, 2.24) is 14.8 Å². The summed E-state index contributed by atoms with van der Waals surface area (Å²) in [4.78, 5) is 1.07. The summed E-state index contributed by atoms with van der Waals surface area (Å²) in [6.45, 7) is 7.53. The minimum absolute atomic E-state index is 0.333. The SMILES string of the molecule is Cc1cc(C)c(C)c(S(=O)(=O)Nc2cc(Br)ccc2Sc2nncn2C)c1C. The van der Waals surface area contributed by atoms with Crippen LogP contribution in [0.4, 0.5) is 5.69 Å². The Morgan fingerprint density at radius 1 is 1.07 bits per heavy atom. The highest BCUT2D eigenvalue weighted by atomic mass is 79.9. The van der Waals surface area contributed by atoms with Crippen LogP contribution in [0.2, 0.25) is 0 Å². The number of anilines is 1. The summed E-state index contributed by atoms with van der Waals surface area (Å²) in [6, 6.07) is 7.48. The second-order valence-corrected chi connectivity index (χ2v) is 10.2. The van der Waals surface area contributed by atoms with Crippen molar-refractivity contribution in [3.05, 3.63) is 57.3 Å². The molecule has 1 N–H and O–H groups in total. The lowest BCUT2D eigenvalue weighted by molar-refractivity contribution is 0.599. The maximum absolute atomic E-state index is 13.3. The summed E-state index contributed by atoms with van der Waals surface area (Å²) < 4.78 is 32.0. The van der Waals surface area contributed by atoms with Gasteiger partial charge < -0.3 is 4.57 Å². The van der Waals surface area contributed by atoms with Gasteiger partial charge in [0.15, 0.2) is 5.16 Å². The van der Waals surface area contributed by atoms with Gasteiger partial charge in [-0.3, -0.25) is 4.72 Å². The lowest BCUT2D eigenvalue weighted by atomic mass is 10.0. The van der Waals surface area contributed by atoms with Crippen molar-refractivity contribution in [2.75, 3.05) is 4.72 Å². The molecule has 0 aliphatic rings. The number of nitrogens with zero attached hydrogens (tertiary/aromatic N) is 3. The third-order valence-corrected chi connectivity index (χ3v) is 7.88. The zero-order valence-electron chi connectivity index (χ0n) is 16.2. The molecule has 0 amide bonds. The fraction of sp³-hybridized carbons (Fsp3) is 0.263. The Labute approximate surface area is 177 Å². The summed E-state index contributed by atoms with van der Waals surface area (Å²) in [5.74, 6) is 0. The van der Waals surface area contributed by atoms with Crippen LogP contribution in [-0.2, 0) is 17.1 Å². The number of nitrogens with one attached hydrogen (secondary N) is 1. The molecule has 3 aromatic rings. The molecule has 0 spiro atoms. The fourth-order valence-electron chi connectivity index (χ4n) is 2.91. The molecule has 3 rings (SSSR count). The molecule has 28 heavy (non-hydrogen) atoms. The molecular weight excluding hydrogens is 460 g/mol. The molecule has 0 fully saturated rings. The molecule has 2 aromatic carbocycles. The molecule has 0 bridgehead atoms. The van der Waals surface area contributed by atoms with E-state index in [1.807, 2.05) is 52.9 Å². The number of hydrogen-bond donors (Lipinski definition) is 1. The first-order chi connectivity index (χ1) is 13.1. The fourth-order valence-corrected chi connectivity index (χ4v) is 5.86. The van der Waals surface area contributed by atoms with Gasteiger partial charge in [0.05, 0.1) is 10.6 Å². The van der Waals surface area contributed by atoms with Crippen LogP contribution in [0.3, 0.4) is 0 Å². The van der Waals surface area contributed by atoms with E-state index in [0.29, 0.717) is 15.7 Å². The normalized spacial score (nSPS) is 11.6. The highest BCUT2D eigenvalue weighted by molar-refractivity contribution is 9.10. The maximum atomic E-state index is 13.3. The van der Waals surface area contributed by atoms with E-state index >= 15 is 0 Å². The number of sulfonamides is 1. The first-order valence-electron chi connectivity index (χ1n) is 8.52. The van der Waals surface area contributed by atoms with Crippen molar-refractivity contribution in [3.8, 4) is 0 Å². The van der Waals surface area contributed by atoms with Gasteiger partial charge in [-0.2, -0.15) is 0 Å². The van der Waals surface area contributed by atoms with Crippen molar-refractivity contribution in [2.24, 2.45) is 7.05 Å². The maximum Gasteiger partial charge on any atom is 0.262 e. The van der Waals surface area contributed by atoms with Crippen LogP contribution < -0.4 is 4.72 Å². The first kappa shape index (κ1) is 20.9. The van der Waals surface area contributed by atoms with Gasteiger partial charge in [0.1, 0.15) is 6.33 Å². The number of benzene rings is 2. The monoisotopic (exact) mass is 480 g/mol. The highest BCUT2D eigenvalue weighted by Crippen LogP contribution is 2.36. The predicted molar refractivity (Wildman–Crippen MR) is 115 cm³/mol. The van der Waals surface area contributed by atoms with Crippen molar-refractivity contribution in [2.45, 2.75) is 42.6 Å². The number of halogens is 1. The second kappa shape index (κ2) is 7.88. The van der Waals surface area contributed by atoms with Crippen LogP contribution in [0.25, 0.3) is 0 Å². The topological polar surface area (TPSA) is 76.9 Å². The van der Waals surface area contributed by atoms with Crippen LogP contribution in [0.5, 0.6) is 0 Å². The average molecular weight is 481 g/mol. The summed E-state index contributed by atoms with van der Waals surface area (Å²) >= 11 is 4.78. The van der Waals surface area contributed by atoms with Gasteiger partial charge in [0.2, 0.25) is 0 Å². The molecule has 0 unspecified atom stereocenters. The summed E-state index contributed by atoms with van der Waals surface area (Å²) in [7, 11) is -1.93. The molecule has 0 radical (unpaired) electrons. The molecule has 1 heterocycles. The standard InChI is InChI=1S/C19H21BrN4O2S2/c1-11-8-12(2)14(4)18(13(11)3)28(25,26)23-16-9-15(20)6-7-17(16)27-19-22-21-10-24(19)5/h6-10,23H,1-5H3. The van der Waals surface area contributed by atoms with E-state index in [4.69, 9.17) is 0 Å². The van der Waals surface area contributed by atoms with Gasteiger partial charge >= 0.3 is 0 Å². The quantitative estimate of drug-likeness (QED) is 0.569. The van der Waals surface area contributed by atoms with Gasteiger partial charge in [-0.25, -0.2) is 8.42 Å². The van der Waals surface area contributed by atoms with Crippen molar-refractivity contribution < 1.29 is 8.42 Å². The molecule has 0 saturated carbocycles. The van der Waals surface area contributed by atoms with Crippen LogP contribution in [0.15, 0.2) is 50.0 Å². The Balaban J connectivity index is 2.07. The number of rotatable bonds is 5. The van der Waals surface area contributed by atoms with Gasteiger partial charge in [-0.1, -0.05) is 22.0 Å². The molecule has 9 heteroatoms. The van der Waals surface area contributed by atoms with E-state index in [2.05, 4.69) is 30.8 Å². The summed E-state index contributed by atoms with van der Waals surface area (Å²) in [5.41, 5.74) is 3.90. The van der Waals surface area contributed by atoms with E-state index in [0.717, 1.165) is 31.6 Å². The molecule has 148 valence electrons. The Morgan fingerprint density at radius 3 is 2.29 bits per heavy atom. The van der Waals surface area contributed by atoms with Crippen molar-refractivity contribution in [3.63, 3.8) is 0 Å². The molecule has 0 saturated heterocycles. The van der Waals surface area contributed by atoms with Crippen molar-refractivity contribution >= 4 is 43.4 Å². The average Bonchev–Trinajstić information content (AvgIpc) is 3.00. The lowest BCUT2D eigenvalue weighted by Crippen LogP contribution is -2.17. The molecule has 0 aliphatic heterocycles. The van der Waals surface area contributed by atoms with Crippen molar-refractivity contribution in [1.29, 1.82) is 0 Å². The van der Waals surface area contributed by atoms with Crippen LogP contribution in [0.1, 0.15) is 22.3 Å². The van der Waals surface area contributed by atoms with Crippen LogP contribution in [0, 0.1) is 27.7 Å². The molecule has 0 atom stereocenters. The zero-order chi connectivity index (χ0) is 20.6. The van der Waals surface area contributed by atoms with E-state index < -0.39 is 10.0 Å². The molecular formula is C19H21BrN4O2S2.